The number of aliphatic hydroxyl groups excluding tert-OH is 3. The summed E-state index contributed by atoms with van der Waals surface area (Å²) in [6.45, 7) is -0.790. The molecule has 2 aromatic heterocycles. The highest BCUT2D eigenvalue weighted by Gasteiger charge is 2.54. The van der Waals surface area contributed by atoms with Crippen LogP contribution >= 0.6 is 24.8 Å². The number of halogens is 3. The van der Waals surface area contributed by atoms with Crippen molar-refractivity contribution in [1.29, 1.82) is 0 Å². The molecule has 0 saturated carbocycles. The lowest BCUT2D eigenvalue weighted by Gasteiger charge is -2.28. The summed E-state index contributed by atoms with van der Waals surface area (Å²) >= 11 is 0. The number of aliphatic hydroxyl groups is 3. The number of benzene rings is 2. The van der Waals surface area contributed by atoms with Gasteiger partial charge in [-0.2, -0.15) is 4.98 Å². The van der Waals surface area contributed by atoms with Gasteiger partial charge in [0.1, 0.15) is 29.3 Å². The lowest BCUT2D eigenvalue weighted by molar-refractivity contribution is -0.121. The summed E-state index contributed by atoms with van der Waals surface area (Å²) in [5.74, 6) is -0.424. The first-order valence-electron chi connectivity index (χ1n) is 10.7. The topological polar surface area (TPSA) is 153 Å². The molecule has 0 spiro atoms. The van der Waals surface area contributed by atoms with Crippen LogP contribution in [-0.2, 0) is 4.74 Å². The molecule has 1 aliphatic heterocycles. The lowest BCUT2D eigenvalue weighted by atomic mass is 9.96. The average molecular weight is 538 g/mol. The van der Waals surface area contributed by atoms with Crippen LogP contribution in [0, 0.1) is 5.82 Å². The number of nitrogens with zero attached hydrogens (tertiary/aromatic N) is 3. The fourth-order valence-corrected chi connectivity index (χ4v) is 4.45. The zero-order valence-electron chi connectivity index (χ0n) is 18.9. The van der Waals surface area contributed by atoms with Gasteiger partial charge in [0.05, 0.1) is 17.7 Å². The van der Waals surface area contributed by atoms with Crippen LogP contribution in [0.15, 0.2) is 60.8 Å². The van der Waals surface area contributed by atoms with Crippen molar-refractivity contribution in [3.63, 3.8) is 0 Å². The normalized spacial score (nSPS) is 23.3. The SMILES string of the molecule is Cl.Cl.NC[C@]1(CO)O[C@@H](n2cc(-c3ccccc3)c3c(-c4ccc(F)cc4)nc(N)nc32)[C@H](O)[C@@H]1O. The summed E-state index contributed by atoms with van der Waals surface area (Å²) in [6.07, 6.45) is -2.21. The molecule has 9 nitrogen and oxygen atoms in total. The zero-order chi connectivity index (χ0) is 24.0. The molecule has 12 heteroatoms. The largest absolute Gasteiger partial charge is 0.393 e. The van der Waals surface area contributed by atoms with Gasteiger partial charge in [0.25, 0.3) is 0 Å². The van der Waals surface area contributed by atoms with Gasteiger partial charge in [0.15, 0.2) is 6.23 Å². The van der Waals surface area contributed by atoms with Crippen LogP contribution in [0.3, 0.4) is 0 Å². The summed E-state index contributed by atoms with van der Waals surface area (Å²) in [6, 6.07) is 15.3. The molecule has 0 bridgehead atoms. The van der Waals surface area contributed by atoms with Gasteiger partial charge in [0.2, 0.25) is 5.95 Å². The van der Waals surface area contributed by atoms with Crippen LogP contribution < -0.4 is 11.5 Å². The summed E-state index contributed by atoms with van der Waals surface area (Å²) in [5.41, 5.74) is 13.3. The van der Waals surface area contributed by atoms with Gasteiger partial charge < -0.3 is 36.1 Å². The maximum atomic E-state index is 13.6. The smallest absolute Gasteiger partial charge is 0.222 e. The predicted molar refractivity (Wildman–Crippen MR) is 138 cm³/mol. The number of rotatable bonds is 5. The third-order valence-corrected chi connectivity index (χ3v) is 6.29. The molecule has 1 fully saturated rings. The third-order valence-electron chi connectivity index (χ3n) is 6.29. The molecule has 1 aliphatic rings. The highest BCUT2D eigenvalue weighted by Crippen LogP contribution is 2.42. The number of hydrogen-bond acceptors (Lipinski definition) is 8. The van der Waals surface area contributed by atoms with Gasteiger partial charge in [0, 0.05) is 23.9 Å². The molecule has 0 aliphatic carbocycles. The van der Waals surface area contributed by atoms with Crippen LogP contribution in [-0.4, -0.2) is 60.8 Å². The van der Waals surface area contributed by atoms with Crippen LogP contribution in [0.4, 0.5) is 10.3 Å². The van der Waals surface area contributed by atoms with Gasteiger partial charge in [-0.1, -0.05) is 30.3 Å². The first kappa shape index (κ1) is 27.8. The maximum Gasteiger partial charge on any atom is 0.222 e. The molecule has 5 rings (SSSR count). The summed E-state index contributed by atoms with van der Waals surface area (Å²) in [4.78, 5) is 8.86. The van der Waals surface area contributed by atoms with E-state index in [0.29, 0.717) is 22.3 Å². The Kier molecular flexibility index (Phi) is 8.21. The molecule has 2 aromatic carbocycles. The molecule has 192 valence electrons. The zero-order valence-corrected chi connectivity index (χ0v) is 20.5. The molecule has 7 N–H and O–H groups in total. The highest BCUT2D eigenvalue weighted by molar-refractivity contribution is 6.03. The van der Waals surface area contributed by atoms with Gasteiger partial charge >= 0.3 is 0 Å². The van der Waals surface area contributed by atoms with E-state index in [9.17, 15) is 19.7 Å². The molecule has 0 amide bonds. The van der Waals surface area contributed by atoms with Crippen molar-refractivity contribution in [1.82, 2.24) is 14.5 Å². The fraction of sp³-hybridized carbons (Fsp3) is 0.250. The Balaban J connectivity index is 0.00000180. The van der Waals surface area contributed by atoms with Gasteiger partial charge in [-0.15, -0.1) is 24.8 Å². The van der Waals surface area contributed by atoms with Crippen LogP contribution in [0.2, 0.25) is 0 Å². The Hall–Kier alpha value is -2.83. The van der Waals surface area contributed by atoms with E-state index in [1.54, 1.807) is 22.9 Å². The van der Waals surface area contributed by atoms with Crippen LogP contribution in [0.5, 0.6) is 0 Å². The van der Waals surface area contributed by atoms with Crippen molar-refractivity contribution >= 4 is 41.8 Å². The van der Waals surface area contributed by atoms with Crippen molar-refractivity contribution < 1.29 is 24.4 Å². The molecule has 0 radical (unpaired) electrons. The Bertz CT molecular complexity index is 1340. The Labute approximate surface area is 218 Å². The third kappa shape index (κ3) is 4.41. The van der Waals surface area contributed by atoms with Crippen molar-refractivity contribution in [2.24, 2.45) is 5.73 Å². The van der Waals surface area contributed by atoms with Gasteiger partial charge in [-0.05, 0) is 29.8 Å². The van der Waals surface area contributed by atoms with Crippen molar-refractivity contribution in [3.05, 3.63) is 66.6 Å². The van der Waals surface area contributed by atoms with E-state index < -0.39 is 30.6 Å². The van der Waals surface area contributed by atoms with E-state index >= 15 is 0 Å². The summed E-state index contributed by atoms with van der Waals surface area (Å²) in [7, 11) is 0. The number of nitrogen functional groups attached to an aromatic ring is 1. The molecular formula is C24H26Cl2FN5O4. The number of nitrogens with two attached hydrogens (primary N) is 2. The molecular weight excluding hydrogens is 512 g/mol. The monoisotopic (exact) mass is 537 g/mol. The van der Waals surface area contributed by atoms with Crippen molar-refractivity contribution in [3.8, 4) is 22.4 Å². The average Bonchev–Trinajstić information content (AvgIpc) is 3.35. The second-order valence-corrected chi connectivity index (χ2v) is 8.32. The van der Waals surface area contributed by atoms with E-state index in [4.69, 9.17) is 16.2 Å². The molecule has 0 unspecified atom stereocenters. The minimum absolute atomic E-state index is 0. The van der Waals surface area contributed by atoms with Crippen molar-refractivity contribution in [2.75, 3.05) is 18.9 Å². The van der Waals surface area contributed by atoms with Gasteiger partial charge in [-0.3, -0.25) is 0 Å². The summed E-state index contributed by atoms with van der Waals surface area (Å²) < 4.78 is 21.1. The predicted octanol–water partition coefficient (Wildman–Crippen LogP) is 2.27. The second-order valence-electron chi connectivity index (χ2n) is 8.32. The van der Waals surface area contributed by atoms with E-state index in [1.165, 1.54) is 12.1 Å². The minimum Gasteiger partial charge on any atom is -0.393 e. The fourth-order valence-electron chi connectivity index (χ4n) is 4.45. The molecule has 1 saturated heterocycles. The van der Waals surface area contributed by atoms with E-state index in [1.807, 2.05) is 30.3 Å². The Morgan fingerprint density at radius 3 is 2.25 bits per heavy atom. The summed E-state index contributed by atoms with van der Waals surface area (Å²) in [5, 5.41) is 31.9. The first-order valence-corrected chi connectivity index (χ1v) is 10.7. The number of aromatic nitrogens is 3. The standard InChI is InChI=1S/C24H24FN5O4.2ClH/c25-15-8-6-14(7-9-15)18-17-16(13-4-2-1-3-5-13)10-30(21(17)29-23(27)28-18)22-19(32)20(33)24(11-26,12-31)34-22;;/h1-10,19-20,22,31-33H,11-12,26H2,(H2,27,28,29);2*1H/t19-,20+,22-,24-;;/m1../s1. The second kappa shape index (κ2) is 10.7. The molecule has 4 atom stereocenters. The molecule has 4 aromatic rings. The highest BCUT2D eigenvalue weighted by atomic mass is 35.5. The molecule has 36 heavy (non-hydrogen) atoms. The van der Waals surface area contributed by atoms with E-state index in [2.05, 4.69) is 9.97 Å². The minimum atomic E-state index is -1.54. The number of hydrogen-bond donors (Lipinski definition) is 5. The Morgan fingerprint density at radius 2 is 1.67 bits per heavy atom. The quantitative estimate of drug-likeness (QED) is 0.260. The number of ether oxygens (including phenoxy) is 1. The first-order chi connectivity index (χ1) is 16.4. The van der Waals surface area contributed by atoms with E-state index in [-0.39, 0.29) is 43.1 Å². The maximum absolute atomic E-state index is 13.6. The Morgan fingerprint density at radius 1 is 1.00 bits per heavy atom. The van der Waals surface area contributed by atoms with Crippen LogP contribution in [0.1, 0.15) is 6.23 Å². The van der Waals surface area contributed by atoms with Crippen LogP contribution in [0.25, 0.3) is 33.4 Å². The number of fused-ring (bicyclic) bond motifs is 1. The van der Waals surface area contributed by atoms with Crippen molar-refractivity contribution in [2.45, 2.75) is 24.0 Å². The molecule has 3 heterocycles. The van der Waals surface area contributed by atoms with E-state index in [0.717, 1.165) is 11.1 Å². The number of anilines is 1. The lowest BCUT2D eigenvalue weighted by Crippen LogP contribution is -2.51. The van der Waals surface area contributed by atoms with Gasteiger partial charge in [-0.25, -0.2) is 9.37 Å².